The van der Waals surface area contributed by atoms with Crippen LogP contribution in [0, 0.1) is 0 Å². The quantitative estimate of drug-likeness (QED) is 0.785. The van der Waals surface area contributed by atoms with Gasteiger partial charge in [0.2, 0.25) is 0 Å². The maximum atomic E-state index is 13.1. The van der Waals surface area contributed by atoms with Gasteiger partial charge in [-0.25, -0.2) is 9.67 Å². The van der Waals surface area contributed by atoms with Crippen LogP contribution in [0.1, 0.15) is 24.2 Å². The highest BCUT2D eigenvalue weighted by Gasteiger charge is 2.49. The molecule has 1 aliphatic heterocycles. The number of alkyl halides is 3. The van der Waals surface area contributed by atoms with Crippen molar-refractivity contribution in [1.82, 2.24) is 24.9 Å². The average Bonchev–Trinajstić information content (AvgIpc) is 2.86. The van der Waals surface area contributed by atoms with Gasteiger partial charge in [0.15, 0.2) is 11.8 Å². The number of carbonyl (C=O) groups is 1. The van der Waals surface area contributed by atoms with E-state index < -0.39 is 30.3 Å². The van der Waals surface area contributed by atoms with Crippen LogP contribution in [-0.2, 0) is 11.8 Å². The predicted octanol–water partition coefficient (Wildman–Crippen LogP) is 1.55. The van der Waals surface area contributed by atoms with Crippen LogP contribution in [0.5, 0.6) is 0 Å². The van der Waals surface area contributed by atoms with Crippen LogP contribution >= 0.6 is 0 Å². The van der Waals surface area contributed by atoms with Crippen molar-refractivity contribution >= 4 is 17.1 Å². The van der Waals surface area contributed by atoms with Crippen LogP contribution in [0.25, 0.3) is 11.2 Å². The third-order valence-electron chi connectivity index (χ3n) is 3.79. The molecule has 10 heteroatoms. The second kappa shape index (κ2) is 5.40. The van der Waals surface area contributed by atoms with Gasteiger partial charge >= 0.3 is 6.18 Å². The molecule has 1 atom stereocenters. The molecule has 1 amide bonds. The number of hydrogen-bond donors (Lipinski definition) is 0. The number of fused-ring (bicyclic) bond motifs is 1. The van der Waals surface area contributed by atoms with Gasteiger partial charge < -0.3 is 9.64 Å². The Kier molecular flexibility index (Phi) is 3.74. The van der Waals surface area contributed by atoms with Crippen LogP contribution < -0.4 is 0 Å². The minimum atomic E-state index is -4.55. The zero-order valence-electron chi connectivity index (χ0n) is 13.3. The minimum absolute atomic E-state index is 0.0441. The molecule has 3 heterocycles. The normalized spacial score (nSPS) is 21.2. The average molecular weight is 343 g/mol. The highest BCUT2D eigenvalue weighted by molar-refractivity contribution is 6.03. The molecule has 0 saturated carbocycles. The number of pyridine rings is 1. The van der Waals surface area contributed by atoms with Crippen molar-refractivity contribution in [2.75, 3.05) is 13.1 Å². The number of nitrogens with zero attached hydrogens (tertiary/aromatic N) is 5. The summed E-state index contributed by atoms with van der Waals surface area (Å²) in [4.78, 5) is 18.0. The van der Waals surface area contributed by atoms with E-state index in [1.165, 1.54) is 30.8 Å². The lowest BCUT2D eigenvalue weighted by molar-refractivity contribution is -0.267. The van der Waals surface area contributed by atoms with Crippen LogP contribution in [0.3, 0.4) is 0 Å². The molecular weight excluding hydrogens is 327 g/mol. The van der Waals surface area contributed by atoms with E-state index in [0.29, 0.717) is 5.65 Å². The van der Waals surface area contributed by atoms with Crippen molar-refractivity contribution < 1.29 is 22.7 Å². The molecule has 3 rings (SSSR count). The Morgan fingerprint density at radius 2 is 2.12 bits per heavy atom. The summed E-state index contributed by atoms with van der Waals surface area (Å²) >= 11 is 0. The molecule has 0 aliphatic carbocycles. The third-order valence-corrected chi connectivity index (χ3v) is 3.79. The molecule has 1 unspecified atom stereocenters. The lowest BCUT2D eigenvalue weighted by Gasteiger charge is -2.43. The largest absolute Gasteiger partial charge is 0.416 e. The summed E-state index contributed by atoms with van der Waals surface area (Å²) in [5.41, 5.74) is -0.284. The van der Waals surface area contributed by atoms with Crippen LogP contribution in [0.4, 0.5) is 13.2 Å². The highest BCUT2D eigenvalue weighted by Crippen LogP contribution is 2.32. The molecular formula is C14H16F3N5O2. The van der Waals surface area contributed by atoms with E-state index in [9.17, 15) is 18.0 Å². The summed E-state index contributed by atoms with van der Waals surface area (Å²) in [7, 11) is 1.62. The van der Waals surface area contributed by atoms with E-state index in [1.54, 1.807) is 7.05 Å². The molecule has 130 valence electrons. The Bertz CT molecular complexity index is 786. The number of morpholine rings is 1. The van der Waals surface area contributed by atoms with Crippen molar-refractivity contribution in [3.8, 4) is 0 Å². The predicted molar refractivity (Wildman–Crippen MR) is 77.2 cm³/mol. The summed E-state index contributed by atoms with van der Waals surface area (Å²) < 4.78 is 45.7. The molecule has 0 spiro atoms. The lowest BCUT2D eigenvalue weighted by atomic mass is 10.0. The zero-order valence-corrected chi connectivity index (χ0v) is 13.3. The van der Waals surface area contributed by atoms with Crippen LogP contribution in [0.2, 0.25) is 0 Å². The first-order valence-electron chi connectivity index (χ1n) is 7.27. The molecule has 0 bridgehead atoms. The number of halogens is 3. The monoisotopic (exact) mass is 343 g/mol. The fourth-order valence-electron chi connectivity index (χ4n) is 2.78. The summed E-state index contributed by atoms with van der Waals surface area (Å²) in [5.74, 6) is -0.548. The first-order chi connectivity index (χ1) is 11.1. The topological polar surface area (TPSA) is 73.1 Å². The van der Waals surface area contributed by atoms with Crippen molar-refractivity contribution in [1.29, 1.82) is 0 Å². The van der Waals surface area contributed by atoms with E-state index >= 15 is 0 Å². The summed E-state index contributed by atoms with van der Waals surface area (Å²) in [6, 6.07) is 1.43. The van der Waals surface area contributed by atoms with E-state index in [-0.39, 0.29) is 17.6 Å². The third kappa shape index (κ3) is 2.93. The molecule has 1 aliphatic rings. The van der Waals surface area contributed by atoms with Gasteiger partial charge in [0.05, 0.1) is 17.7 Å². The Labute approximate surface area is 135 Å². The molecule has 0 radical (unpaired) electrons. The van der Waals surface area contributed by atoms with Crippen molar-refractivity contribution in [3.05, 3.63) is 17.8 Å². The fourth-order valence-corrected chi connectivity index (χ4v) is 2.78. The molecule has 1 saturated heterocycles. The van der Waals surface area contributed by atoms with Gasteiger partial charge in [-0.05, 0) is 19.9 Å². The molecule has 7 nitrogen and oxygen atoms in total. The van der Waals surface area contributed by atoms with E-state index in [4.69, 9.17) is 4.74 Å². The van der Waals surface area contributed by atoms with Crippen molar-refractivity contribution in [2.45, 2.75) is 31.7 Å². The standard InChI is InChI=1S/C14H16F3N5O2/c1-13(2)7-22(6-9(24-13)14(15,16)17)12(23)8-4-5-18-11-10(8)19-20-21(11)3/h4-5,9H,6-7H2,1-3H3. The van der Waals surface area contributed by atoms with Crippen molar-refractivity contribution in [3.63, 3.8) is 0 Å². The van der Waals surface area contributed by atoms with Crippen molar-refractivity contribution in [2.24, 2.45) is 7.05 Å². The molecule has 0 N–H and O–H groups in total. The first kappa shape index (κ1) is 16.6. The van der Waals surface area contributed by atoms with Gasteiger partial charge in [-0.3, -0.25) is 4.79 Å². The molecule has 24 heavy (non-hydrogen) atoms. The number of hydrogen-bond acceptors (Lipinski definition) is 5. The molecule has 2 aromatic rings. The maximum Gasteiger partial charge on any atom is 0.416 e. The molecule has 0 aromatic carbocycles. The number of carbonyl (C=O) groups excluding carboxylic acids is 1. The van der Waals surface area contributed by atoms with E-state index in [1.807, 2.05) is 0 Å². The van der Waals surface area contributed by atoms with Gasteiger partial charge in [0.25, 0.3) is 5.91 Å². The Morgan fingerprint density at radius 3 is 2.79 bits per heavy atom. The summed E-state index contributed by atoms with van der Waals surface area (Å²) in [5, 5.41) is 7.68. The van der Waals surface area contributed by atoms with Gasteiger partial charge in [-0.2, -0.15) is 13.2 Å². The van der Waals surface area contributed by atoms with Gasteiger partial charge in [0, 0.05) is 19.8 Å². The zero-order chi connectivity index (χ0) is 17.7. The molecule has 1 fully saturated rings. The van der Waals surface area contributed by atoms with Gasteiger partial charge in [-0.15, -0.1) is 5.10 Å². The smallest absolute Gasteiger partial charge is 0.359 e. The number of ether oxygens (including phenoxy) is 1. The van der Waals surface area contributed by atoms with Gasteiger partial charge in [-0.1, -0.05) is 5.21 Å². The fraction of sp³-hybridized carbons (Fsp3) is 0.571. The second-order valence-corrected chi connectivity index (χ2v) is 6.34. The Hall–Kier alpha value is -2.23. The van der Waals surface area contributed by atoms with Gasteiger partial charge in [0.1, 0.15) is 5.52 Å². The van der Waals surface area contributed by atoms with Crippen LogP contribution in [0.15, 0.2) is 12.3 Å². The van der Waals surface area contributed by atoms with Crippen LogP contribution in [-0.4, -0.2) is 61.8 Å². The minimum Gasteiger partial charge on any atom is -0.359 e. The summed E-state index contributed by atoms with van der Waals surface area (Å²) in [6.07, 6.45) is -5.16. The Balaban J connectivity index is 1.96. The number of rotatable bonds is 1. The number of aryl methyl sites for hydroxylation is 1. The maximum absolute atomic E-state index is 13.1. The Morgan fingerprint density at radius 1 is 1.42 bits per heavy atom. The first-order valence-corrected chi connectivity index (χ1v) is 7.27. The second-order valence-electron chi connectivity index (χ2n) is 6.34. The van der Waals surface area contributed by atoms with E-state index in [0.717, 1.165) is 4.90 Å². The van der Waals surface area contributed by atoms with E-state index in [2.05, 4.69) is 15.3 Å². The molecule has 2 aromatic heterocycles. The lowest BCUT2D eigenvalue weighted by Crippen LogP contribution is -2.58. The SMILES string of the molecule is Cn1nnc2c(C(=O)N3CC(C(F)(F)F)OC(C)(C)C3)ccnc21. The summed E-state index contributed by atoms with van der Waals surface area (Å²) in [6.45, 7) is 2.53. The highest BCUT2D eigenvalue weighted by atomic mass is 19.4. The number of amides is 1. The number of aromatic nitrogens is 4.